The van der Waals surface area contributed by atoms with Crippen molar-refractivity contribution in [1.82, 2.24) is 0 Å². The number of aliphatic hydroxyl groups excluding tert-OH is 2. The number of anilines is 2. The van der Waals surface area contributed by atoms with E-state index in [9.17, 15) is 28.2 Å². The molecule has 0 unspecified atom stereocenters. The van der Waals surface area contributed by atoms with E-state index in [1.165, 1.54) is 32.0 Å². The van der Waals surface area contributed by atoms with Crippen molar-refractivity contribution in [3.8, 4) is 11.1 Å². The summed E-state index contributed by atoms with van der Waals surface area (Å²) in [5.74, 6) is -2.43. The number of carbonyl (C=O) groups excluding carboxylic acids is 2. The van der Waals surface area contributed by atoms with E-state index in [4.69, 9.17) is 27.8 Å². The van der Waals surface area contributed by atoms with Gasteiger partial charge in [0, 0.05) is 11.4 Å². The molecule has 246 valence electrons. The zero-order valence-electron chi connectivity index (χ0n) is 25.1. The molecule has 0 aromatic heterocycles. The van der Waals surface area contributed by atoms with Gasteiger partial charge in [-0.1, -0.05) is 53.5 Å². The maximum absolute atomic E-state index is 12.7. The lowest BCUT2D eigenvalue weighted by atomic mass is 10.1. The van der Waals surface area contributed by atoms with E-state index in [1.807, 2.05) is 0 Å². The number of azo groups is 2. The van der Waals surface area contributed by atoms with Crippen molar-refractivity contribution in [3.05, 3.63) is 124 Å². The molecular weight excluding hydrogens is 683 g/mol. The van der Waals surface area contributed by atoms with E-state index >= 15 is 0 Å². The van der Waals surface area contributed by atoms with E-state index in [0.717, 1.165) is 12.1 Å². The molecule has 4 aromatic carbocycles. The molecule has 0 bridgehead atoms. The summed E-state index contributed by atoms with van der Waals surface area (Å²) in [7, 11) is -4.41. The minimum atomic E-state index is -4.41. The van der Waals surface area contributed by atoms with Gasteiger partial charge in [0.15, 0.2) is 0 Å². The number of para-hydroxylation sites is 1. The summed E-state index contributed by atoms with van der Waals surface area (Å²) in [6.45, 7) is 2.59. The monoisotopic (exact) mass is 708 g/mol. The summed E-state index contributed by atoms with van der Waals surface area (Å²) in [5, 5.41) is 40.9. The van der Waals surface area contributed by atoms with Gasteiger partial charge in [-0.15, -0.1) is 20.5 Å². The first kappa shape index (κ1) is 35.4. The second kappa shape index (κ2) is 15.5. The Morgan fingerprint density at radius 1 is 0.646 bits per heavy atom. The van der Waals surface area contributed by atoms with Crippen LogP contribution in [-0.2, 0) is 19.7 Å². The second-order valence-corrected chi connectivity index (χ2v) is 12.1. The third-order valence-corrected chi connectivity index (χ3v) is 7.82. The molecule has 0 saturated heterocycles. The number of amides is 2. The summed E-state index contributed by atoms with van der Waals surface area (Å²) in [6.07, 6.45) is 0. The van der Waals surface area contributed by atoms with Crippen LogP contribution in [0.1, 0.15) is 13.8 Å². The third kappa shape index (κ3) is 9.33. The smallest absolute Gasteiger partial charge is 0.315 e. The van der Waals surface area contributed by atoms with Crippen LogP contribution in [0.2, 0.25) is 10.0 Å². The van der Waals surface area contributed by atoms with Gasteiger partial charge in [-0.05, 0) is 85.6 Å². The maximum Gasteiger partial charge on any atom is 0.315 e. The van der Waals surface area contributed by atoms with Crippen LogP contribution in [0, 0.1) is 0 Å². The SMILES string of the molecule is C/C(O)=C(/Nc1ccccc1)C(=O)N=Nc1ccc(-c2ccc(N=NC(=O)/C(Nc3ccc(S(=O)(=O)O)cc3)=C(/C)O)c(Cl)c2)cc1Cl. The topological polar surface area (TPSA) is 202 Å². The van der Waals surface area contributed by atoms with Gasteiger partial charge in [-0.25, -0.2) is 0 Å². The van der Waals surface area contributed by atoms with E-state index < -0.39 is 27.7 Å². The van der Waals surface area contributed by atoms with Crippen LogP contribution in [0.25, 0.3) is 11.1 Å². The van der Waals surface area contributed by atoms with Gasteiger partial charge in [0.1, 0.15) is 34.3 Å². The number of nitrogens with one attached hydrogen (secondary N) is 2. The van der Waals surface area contributed by atoms with Crippen LogP contribution in [0.4, 0.5) is 22.7 Å². The van der Waals surface area contributed by atoms with Crippen molar-refractivity contribution in [2.45, 2.75) is 18.7 Å². The summed E-state index contributed by atoms with van der Waals surface area (Å²) < 4.78 is 31.6. The average molecular weight is 710 g/mol. The lowest BCUT2D eigenvalue weighted by molar-refractivity contribution is -0.115. The predicted octanol–water partition coefficient (Wildman–Crippen LogP) is 8.93. The fourth-order valence-corrected chi connectivity index (χ4v) is 4.87. The number of hydrogen-bond donors (Lipinski definition) is 5. The average Bonchev–Trinajstić information content (AvgIpc) is 3.04. The van der Waals surface area contributed by atoms with Crippen molar-refractivity contribution >= 4 is 67.9 Å². The lowest BCUT2D eigenvalue weighted by Gasteiger charge is -2.09. The molecule has 0 aliphatic heterocycles. The molecule has 5 N–H and O–H groups in total. The number of carbonyl (C=O) groups is 2. The Hall–Kier alpha value is -5.41. The van der Waals surface area contributed by atoms with Crippen molar-refractivity contribution in [2.75, 3.05) is 10.6 Å². The standard InChI is InChI=1S/C32H26Cl2N6O7S/c1-18(41)29(35-22-6-4-3-5-7-22)31(43)39-37-27-14-8-20(16-25(27)33)21-9-15-28(26(34)17-21)38-40-32(44)30(19(2)42)36-23-10-12-24(13-11-23)48(45,46)47/h3-17,35-36,41-42H,1-2H3,(H,45,46,47)/b29-18-,30-19+,39-37?,40-38?. The molecule has 13 nitrogen and oxygen atoms in total. The molecule has 4 aromatic rings. The van der Waals surface area contributed by atoms with Crippen LogP contribution in [0.15, 0.2) is 139 Å². The first-order valence-electron chi connectivity index (χ1n) is 13.7. The van der Waals surface area contributed by atoms with Gasteiger partial charge >= 0.3 is 11.8 Å². The Morgan fingerprint density at radius 2 is 1.06 bits per heavy atom. The van der Waals surface area contributed by atoms with E-state index in [1.54, 1.807) is 60.7 Å². The molecule has 0 heterocycles. The Labute approximate surface area is 284 Å². The number of rotatable bonds is 10. The first-order chi connectivity index (χ1) is 22.7. The number of hydrogen-bond acceptors (Lipinski definition) is 10. The molecular formula is C32H26Cl2N6O7S. The quantitative estimate of drug-likeness (QED) is 0.0461. The van der Waals surface area contributed by atoms with Crippen LogP contribution in [0.5, 0.6) is 0 Å². The second-order valence-electron chi connectivity index (χ2n) is 9.88. The summed E-state index contributed by atoms with van der Waals surface area (Å²) in [6, 6.07) is 23.1. The van der Waals surface area contributed by atoms with Gasteiger partial charge in [0.25, 0.3) is 10.1 Å². The molecule has 0 radical (unpaired) electrons. The van der Waals surface area contributed by atoms with Gasteiger partial charge in [-0.2, -0.15) is 8.42 Å². The van der Waals surface area contributed by atoms with Crippen LogP contribution in [-0.4, -0.2) is 35.0 Å². The molecule has 0 aliphatic rings. The Bertz CT molecular complexity index is 2090. The van der Waals surface area contributed by atoms with Crippen molar-refractivity contribution in [3.63, 3.8) is 0 Å². The molecule has 2 amide bonds. The fourth-order valence-electron chi connectivity index (χ4n) is 3.95. The summed E-state index contributed by atoms with van der Waals surface area (Å²) in [5.41, 5.74) is 1.94. The highest BCUT2D eigenvalue weighted by molar-refractivity contribution is 7.85. The van der Waals surface area contributed by atoms with E-state index in [2.05, 4.69) is 31.1 Å². The highest BCUT2D eigenvalue weighted by Gasteiger charge is 2.16. The van der Waals surface area contributed by atoms with Crippen molar-refractivity contribution in [1.29, 1.82) is 0 Å². The zero-order valence-corrected chi connectivity index (χ0v) is 27.4. The number of nitrogens with zero attached hydrogens (tertiary/aromatic N) is 4. The normalized spacial score (nSPS) is 12.9. The third-order valence-electron chi connectivity index (χ3n) is 6.34. The van der Waals surface area contributed by atoms with Crippen molar-refractivity contribution in [2.24, 2.45) is 20.5 Å². The Kier molecular flexibility index (Phi) is 11.4. The lowest BCUT2D eigenvalue weighted by Crippen LogP contribution is -2.11. The Morgan fingerprint density at radius 3 is 1.44 bits per heavy atom. The largest absolute Gasteiger partial charge is 0.510 e. The molecule has 16 heteroatoms. The number of allylic oxidation sites excluding steroid dienone is 2. The van der Waals surface area contributed by atoms with Gasteiger partial charge in [0.05, 0.1) is 14.9 Å². The summed E-state index contributed by atoms with van der Waals surface area (Å²) >= 11 is 12.8. The number of aliphatic hydroxyl groups is 2. The fraction of sp³-hybridized carbons (Fsp3) is 0.0625. The van der Waals surface area contributed by atoms with Gasteiger partial charge in [0.2, 0.25) is 0 Å². The van der Waals surface area contributed by atoms with Gasteiger partial charge in [-0.3, -0.25) is 14.1 Å². The summed E-state index contributed by atoms with van der Waals surface area (Å²) in [4.78, 5) is 25.0. The molecule has 0 atom stereocenters. The molecule has 48 heavy (non-hydrogen) atoms. The predicted molar refractivity (Wildman–Crippen MR) is 182 cm³/mol. The number of benzene rings is 4. The minimum absolute atomic E-state index is 0.138. The van der Waals surface area contributed by atoms with Gasteiger partial charge < -0.3 is 20.8 Å². The molecule has 0 spiro atoms. The highest BCUT2D eigenvalue weighted by atomic mass is 35.5. The zero-order chi connectivity index (χ0) is 35.0. The highest BCUT2D eigenvalue weighted by Crippen LogP contribution is 2.35. The number of halogens is 2. The van der Waals surface area contributed by atoms with E-state index in [-0.39, 0.29) is 49.2 Å². The molecule has 4 rings (SSSR count). The molecule has 0 aliphatic carbocycles. The van der Waals surface area contributed by atoms with Crippen LogP contribution >= 0.6 is 23.2 Å². The molecule has 0 fully saturated rings. The van der Waals surface area contributed by atoms with Crippen LogP contribution in [0.3, 0.4) is 0 Å². The van der Waals surface area contributed by atoms with Crippen molar-refractivity contribution < 1.29 is 32.8 Å². The Balaban J connectivity index is 1.45. The van der Waals surface area contributed by atoms with E-state index in [0.29, 0.717) is 16.8 Å². The first-order valence-corrected chi connectivity index (χ1v) is 15.9. The molecule has 0 saturated carbocycles. The maximum atomic E-state index is 12.7. The van der Waals surface area contributed by atoms with Crippen LogP contribution < -0.4 is 10.6 Å². The minimum Gasteiger partial charge on any atom is -0.510 e.